The summed E-state index contributed by atoms with van der Waals surface area (Å²) in [6.45, 7) is 6.17. The number of aryl methyl sites for hydroxylation is 2. The first-order chi connectivity index (χ1) is 7.00. The van der Waals surface area contributed by atoms with E-state index in [4.69, 9.17) is 5.11 Å². The van der Waals surface area contributed by atoms with Crippen LogP contribution in [0.5, 0.6) is 0 Å². The third-order valence-corrected chi connectivity index (χ3v) is 3.10. The van der Waals surface area contributed by atoms with Gasteiger partial charge in [-0.15, -0.1) is 11.3 Å². The quantitative estimate of drug-likeness (QED) is 0.825. The lowest BCUT2D eigenvalue weighted by atomic mass is 10.2. The van der Waals surface area contributed by atoms with Gasteiger partial charge >= 0.3 is 0 Å². The first-order valence-corrected chi connectivity index (χ1v) is 5.85. The molecule has 1 aromatic heterocycles. The summed E-state index contributed by atoms with van der Waals surface area (Å²) in [5, 5.41) is 11.8. The minimum Gasteiger partial charge on any atom is -0.393 e. The summed E-state index contributed by atoms with van der Waals surface area (Å²) in [4.78, 5) is 13.9. The van der Waals surface area contributed by atoms with Gasteiger partial charge in [0.25, 0.3) is 5.91 Å². The second-order valence-corrected chi connectivity index (χ2v) is 5.18. The van der Waals surface area contributed by atoms with Crippen molar-refractivity contribution in [1.29, 1.82) is 0 Å². The maximum atomic E-state index is 11.7. The molecule has 1 atom stereocenters. The van der Waals surface area contributed by atoms with E-state index >= 15 is 0 Å². The van der Waals surface area contributed by atoms with Crippen molar-refractivity contribution in [2.45, 2.75) is 33.3 Å². The number of rotatable bonds is 4. The van der Waals surface area contributed by atoms with Gasteiger partial charge in [0.2, 0.25) is 0 Å². The average molecular weight is 227 g/mol. The van der Waals surface area contributed by atoms with Gasteiger partial charge in [-0.1, -0.05) is 0 Å². The van der Waals surface area contributed by atoms with Crippen LogP contribution >= 0.6 is 11.3 Å². The molecule has 84 valence electrons. The molecule has 1 heterocycles. The zero-order chi connectivity index (χ0) is 11.4. The highest BCUT2D eigenvalue weighted by Crippen LogP contribution is 2.20. The van der Waals surface area contributed by atoms with Crippen LogP contribution < -0.4 is 5.32 Å². The molecular weight excluding hydrogens is 210 g/mol. The summed E-state index contributed by atoms with van der Waals surface area (Å²) in [5.74, 6) is -0.0440. The van der Waals surface area contributed by atoms with Gasteiger partial charge in [-0.2, -0.15) is 0 Å². The zero-order valence-electron chi connectivity index (χ0n) is 9.33. The van der Waals surface area contributed by atoms with E-state index in [0.717, 1.165) is 15.3 Å². The molecule has 4 heteroatoms. The lowest BCUT2D eigenvalue weighted by Gasteiger charge is -2.06. The molecule has 0 aliphatic rings. The summed E-state index contributed by atoms with van der Waals surface area (Å²) in [6.07, 6.45) is 0.226. The van der Waals surface area contributed by atoms with Crippen molar-refractivity contribution in [3.63, 3.8) is 0 Å². The molecule has 0 saturated carbocycles. The highest BCUT2D eigenvalue weighted by molar-refractivity contribution is 7.12. The molecular formula is C11H17NO2S. The maximum absolute atomic E-state index is 11.7. The number of carbonyl (C=O) groups is 1. The zero-order valence-corrected chi connectivity index (χ0v) is 10.1. The van der Waals surface area contributed by atoms with Crippen LogP contribution in [0, 0.1) is 13.8 Å². The Morgan fingerprint density at radius 3 is 2.73 bits per heavy atom. The largest absolute Gasteiger partial charge is 0.393 e. The Morgan fingerprint density at radius 2 is 2.27 bits per heavy atom. The summed E-state index contributed by atoms with van der Waals surface area (Å²) >= 11 is 1.63. The molecule has 0 bridgehead atoms. The third-order valence-electron chi connectivity index (χ3n) is 2.13. The van der Waals surface area contributed by atoms with Crippen LogP contribution in [0.1, 0.15) is 33.5 Å². The van der Waals surface area contributed by atoms with Crippen molar-refractivity contribution >= 4 is 17.2 Å². The number of aliphatic hydroxyl groups excluding tert-OH is 1. The maximum Gasteiger partial charge on any atom is 0.252 e. The molecule has 0 aliphatic carbocycles. The van der Waals surface area contributed by atoms with Gasteiger partial charge in [-0.3, -0.25) is 4.79 Å². The van der Waals surface area contributed by atoms with E-state index in [1.165, 1.54) is 0 Å². The summed E-state index contributed by atoms with van der Waals surface area (Å²) in [7, 11) is 0. The predicted octanol–water partition coefficient (Wildman–Crippen LogP) is 1.87. The highest BCUT2D eigenvalue weighted by atomic mass is 32.1. The van der Waals surface area contributed by atoms with Crippen LogP contribution in [-0.4, -0.2) is 23.7 Å². The minimum absolute atomic E-state index is 0.0440. The topological polar surface area (TPSA) is 49.3 Å². The van der Waals surface area contributed by atoms with Crippen LogP contribution in [-0.2, 0) is 0 Å². The number of amides is 1. The van der Waals surface area contributed by atoms with Crippen molar-refractivity contribution < 1.29 is 9.90 Å². The van der Waals surface area contributed by atoms with Crippen LogP contribution in [0.2, 0.25) is 0 Å². The van der Waals surface area contributed by atoms with E-state index < -0.39 is 0 Å². The molecule has 1 amide bonds. The number of carbonyl (C=O) groups excluding carboxylic acids is 1. The minimum atomic E-state index is -0.365. The molecule has 0 aromatic carbocycles. The van der Waals surface area contributed by atoms with E-state index in [-0.39, 0.29) is 12.0 Å². The molecule has 2 N–H and O–H groups in total. The molecule has 0 radical (unpaired) electrons. The van der Waals surface area contributed by atoms with Crippen LogP contribution in [0.4, 0.5) is 0 Å². The first-order valence-electron chi connectivity index (χ1n) is 5.04. The van der Waals surface area contributed by atoms with Gasteiger partial charge in [0, 0.05) is 16.3 Å². The van der Waals surface area contributed by atoms with Crippen molar-refractivity contribution in [3.05, 3.63) is 21.4 Å². The van der Waals surface area contributed by atoms with Crippen LogP contribution in [0.25, 0.3) is 0 Å². The molecule has 15 heavy (non-hydrogen) atoms. The molecule has 1 aromatic rings. The third kappa shape index (κ3) is 3.64. The van der Waals surface area contributed by atoms with Gasteiger partial charge in [-0.25, -0.2) is 0 Å². The summed E-state index contributed by atoms with van der Waals surface area (Å²) < 4.78 is 0. The van der Waals surface area contributed by atoms with E-state index in [0.29, 0.717) is 13.0 Å². The SMILES string of the molecule is Cc1cc(C(=O)NCCC(C)O)c(C)s1. The molecule has 0 spiro atoms. The number of hydrogen-bond acceptors (Lipinski definition) is 3. The Kier molecular flexibility index (Phi) is 4.29. The molecule has 0 saturated heterocycles. The first kappa shape index (κ1) is 12.2. The predicted molar refractivity (Wildman–Crippen MR) is 62.4 cm³/mol. The fourth-order valence-corrected chi connectivity index (χ4v) is 2.27. The molecule has 1 rings (SSSR count). The van der Waals surface area contributed by atoms with Crippen molar-refractivity contribution in [2.75, 3.05) is 6.54 Å². The van der Waals surface area contributed by atoms with Gasteiger partial charge in [-0.05, 0) is 33.3 Å². The molecule has 3 nitrogen and oxygen atoms in total. The summed E-state index contributed by atoms with van der Waals surface area (Å²) in [5.41, 5.74) is 0.753. The van der Waals surface area contributed by atoms with Gasteiger partial charge in [0.05, 0.1) is 11.7 Å². The smallest absolute Gasteiger partial charge is 0.252 e. The Balaban J connectivity index is 2.50. The van der Waals surface area contributed by atoms with Crippen LogP contribution in [0.3, 0.4) is 0 Å². The molecule has 0 fully saturated rings. The van der Waals surface area contributed by atoms with E-state index in [1.807, 2.05) is 19.9 Å². The molecule has 0 aliphatic heterocycles. The standard InChI is InChI=1S/C11H17NO2S/c1-7(13)4-5-12-11(14)10-6-8(2)15-9(10)3/h6-7,13H,4-5H2,1-3H3,(H,12,14). The lowest BCUT2D eigenvalue weighted by molar-refractivity contribution is 0.0945. The average Bonchev–Trinajstić information content (AvgIpc) is 2.44. The van der Waals surface area contributed by atoms with Crippen LogP contribution in [0.15, 0.2) is 6.07 Å². The Hall–Kier alpha value is -0.870. The van der Waals surface area contributed by atoms with Crippen molar-refractivity contribution in [2.24, 2.45) is 0 Å². The van der Waals surface area contributed by atoms with Gasteiger partial charge in [0.15, 0.2) is 0 Å². The second-order valence-electron chi connectivity index (χ2n) is 3.72. The lowest BCUT2D eigenvalue weighted by Crippen LogP contribution is -2.26. The molecule has 1 unspecified atom stereocenters. The Labute approximate surface area is 94.1 Å². The van der Waals surface area contributed by atoms with Gasteiger partial charge in [0.1, 0.15) is 0 Å². The monoisotopic (exact) mass is 227 g/mol. The van der Waals surface area contributed by atoms with E-state index in [1.54, 1.807) is 18.3 Å². The number of aliphatic hydroxyl groups is 1. The van der Waals surface area contributed by atoms with E-state index in [2.05, 4.69) is 5.32 Å². The summed E-state index contributed by atoms with van der Waals surface area (Å²) in [6, 6.07) is 1.90. The van der Waals surface area contributed by atoms with Crippen molar-refractivity contribution in [3.8, 4) is 0 Å². The highest BCUT2D eigenvalue weighted by Gasteiger charge is 2.11. The van der Waals surface area contributed by atoms with Gasteiger partial charge < -0.3 is 10.4 Å². The number of hydrogen-bond donors (Lipinski definition) is 2. The Bertz CT molecular complexity index is 344. The van der Waals surface area contributed by atoms with E-state index in [9.17, 15) is 4.79 Å². The second kappa shape index (κ2) is 5.28. The normalized spacial score (nSPS) is 12.5. The fourth-order valence-electron chi connectivity index (χ4n) is 1.35. The number of nitrogens with one attached hydrogen (secondary N) is 1. The fraction of sp³-hybridized carbons (Fsp3) is 0.545. The van der Waals surface area contributed by atoms with Crippen molar-refractivity contribution in [1.82, 2.24) is 5.32 Å². The Morgan fingerprint density at radius 1 is 1.60 bits per heavy atom. The number of thiophene rings is 1.